The second-order valence-electron chi connectivity index (χ2n) is 8.60. The third-order valence-corrected chi connectivity index (χ3v) is 6.03. The lowest BCUT2D eigenvalue weighted by Gasteiger charge is -2.27. The molecule has 2 aromatic rings. The maximum Gasteiger partial charge on any atom is 0.397 e. The normalized spacial score (nSPS) is 23.0. The van der Waals surface area contributed by atoms with Crippen LogP contribution in [0.1, 0.15) is 35.3 Å². The van der Waals surface area contributed by atoms with E-state index in [-0.39, 0.29) is 44.0 Å². The average molecular weight is 503 g/mol. The fraction of sp³-hybridized carbons (Fsp3) is 0.375. The van der Waals surface area contributed by atoms with Crippen LogP contribution in [0, 0.1) is 5.92 Å². The number of nitrogens with one attached hydrogen (secondary N) is 3. The van der Waals surface area contributed by atoms with Crippen LogP contribution >= 0.6 is 0 Å². The zero-order chi connectivity index (χ0) is 25.8. The van der Waals surface area contributed by atoms with Gasteiger partial charge in [-0.25, -0.2) is 5.10 Å². The summed E-state index contributed by atoms with van der Waals surface area (Å²) in [5.41, 5.74) is -0.766. The van der Waals surface area contributed by atoms with Gasteiger partial charge in [-0.1, -0.05) is 18.2 Å². The largest absolute Gasteiger partial charge is 0.397 e. The summed E-state index contributed by atoms with van der Waals surface area (Å²) in [6, 6.07) is 8.90. The first kappa shape index (κ1) is 25.3. The summed E-state index contributed by atoms with van der Waals surface area (Å²) in [5.74, 6) is -2.68. The van der Waals surface area contributed by atoms with Crippen molar-refractivity contribution in [3.05, 3.63) is 70.2 Å². The molecule has 2 heterocycles. The topological polar surface area (TPSA) is 126 Å². The minimum Gasteiger partial charge on any atom is -0.378 e. The number of aliphatic imine (C=N–C) groups is 1. The molecule has 2 amide bonds. The van der Waals surface area contributed by atoms with Crippen molar-refractivity contribution in [3.8, 4) is 0 Å². The van der Waals surface area contributed by atoms with Crippen LogP contribution in [0.15, 0.2) is 58.3 Å². The molecule has 3 N–H and O–H groups in total. The van der Waals surface area contributed by atoms with Gasteiger partial charge < -0.3 is 15.4 Å². The van der Waals surface area contributed by atoms with Gasteiger partial charge in [-0.3, -0.25) is 19.4 Å². The highest BCUT2D eigenvalue weighted by Crippen LogP contribution is 2.34. The van der Waals surface area contributed by atoms with Crippen LogP contribution in [-0.2, 0) is 16.1 Å². The fourth-order valence-electron chi connectivity index (χ4n) is 4.02. The van der Waals surface area contributed by atoms with Gasteiger partial charge in [0.1, 0.15) is 11.2 Å². The molecule has 1 saturated heterocycles. The summed E-state index contributed by atoms with van der Waals surface area (Å²) >= 11 is 0. The molecular formula is C24H24F3N5O4. The third kappa shape index (κ3) is 5.88. The van der Waals surface area contributed by atoms with E-state index in [9.17, 15) is 27.6 Å². The Morgan fingerprint density at radius 3 is 2.61 bits per heavy atom. The van der Waals surface area contributed by atoms with Crippen LogP contribution in [0.5, 0.6) is 0 Å². The molecule has 1 aliphatic heterocycles. The lowest BCUT2D eigenvalue weighted by Crippen LogP contribution is -2.59. The minimum atomic E-state index is -4.35. The highest BCUT2D eigenvalue weighted by molar-refractivity contribution is 6.00. The molecule has 0 saturated carbocycles. The highest BCUT2D eigenvalue weighted by atomic mass is 19.4. The summed E-state index contributed by atoms with van der Waals surface area (Å²) in [7, 11) is 0. The van der Waals surface area contributed by atoms with Crippen molar-refractivity contribution in [1.82, 2.24) is 20.8 Å². The van der Waals surface area contributed by atoms with Gasteiger partial charge in [0.2, 0.25) is 5.91 Å². The molecule has 1 aromatic carbocycles. The zero-order valence-electron chi connectivity index (χ0n) is 19.1. The van der Waals surface area contributed by atoms with Crippen LogP contribution in [0.25, 0.3) is 0 Å². The highest BCUT2D eigenvalue weighted by Gasteiger charge is 2.44. The van der Waals surface area contributed by atoms with Crippen LogP contribution in [-0.4, -0.2) is 52.7 Å². The Labute approximate surface area is 203 Å². The van der Waals surface area contributed by atoms with E-state index in [1.165, 1.54) is 12.1 Å². The number of hydrogen-bond donors (Lipinski definition) is 3. The number of alkyl halides is 3. The Hall–Kier alpha value is -3.80. The Morgan fingerprint density at radius 1 is 1.19 bits per heavy atom. The molecule has 9 nitrogen and oxygen atoms in total. The van der Waals surface area contributed by atoms with Crippen molar-refractivity contribution in [2.24, 2.45) is 10.9 Å². The van der Waals surface area contributed by atoms with Gasteiger partial charge in [0, 0.05) is 25.6 Å². The molecule has 1 aromatic heterocycles. The standard InChI is InChI=1S/C24H24F3N5O4/c25-24(26,27)17-3-1-2-4-18(17)29-16-7-5-15(6-8-16)13-28-22(35)23(11-12-36-14-23)30-21(34)19-9-10-20(33)32-31-19/h2,4-10,17H,1,3,11-14H2,(H,28,35)(H,30,34)(H,32,33). The molecule has 36 heavy (non-hydrogen) atoms. The Balaban J connectivity index is 1.40. The number of hydrogen-bond acceptors (Lipinski definition) is 6. The van der Waals surface area contributed by atoms with Crippen molar-refractivity contribution in [2.75, 3.05) is 13.2 Å². The number of aromatic nitrogens is 2. The van der Waals surface area contributed by atoms with Gasteiger partial charge in [-0.15, -0.1) is 0 Å². The van der Waals surface area contributed by atoms with Crippen molar-refractivity contribution in [1.29, 1.82) is 0 Å². The fourth-order valence-corrected chi connectivity index (χ4v) is 4.02. The van der Waals surface area contributed by atoms with Crippen LogP contribution in [0.2, 0.25) is 0 Å². The molecule has 2 unspecified atom stereocenters. The lowest BCUT2D eigenvalue weighted by atomic mass is 9.91. The smallest absolute Gasteiger partial charge is 0.378 e. The Bertz CT molecular complexity index is 1210. The monoisotopic (exact) mass is 503 g/mol. The average Bonchev–Trinajstić information content (AvgIpc) is 3.33. The second kappa shape index (κ2) is 10.4. The molecule has 0 radical (unpaired) electrons. The van der Waals surface area contributed by atoms with Crippen LogP contribution < -0.4 is 16.2 Å². The van der Waals surface area contributed by atoms with E-state index in [1.54, 1.807) is 30.3 Å². The van der Waals surface area contributed by atoms with Gasteiger partial charge in [0.05, 0.1) is 23.9 Å². The van der Waals surface area contributed by atoms with Gasteiger partial charge in [0.25, 0.3) is 11.5 Å². The number of benzene rings is 1. The van der Waals surface area contributed by atoms with Gasteiger partial charge in [0.15, 0.2) is 0 Å². The van der Waals surface area contributed by atoms with E-state index in [1.807, 2.05) is 0 Å². The van der Waals surface area contributed by atoms with Crippen molar-refractivity contribution in [3.63, 3.8) is 0 Å². The number of allylic oxidation sites excluding steroid dienone is 2. The first-order valence-corrected chi connectivity index (χ1v) is 11.3. The second-order valence-corrected chi connectivity index (χ2v) is 8.60. The minimum absolute atomic E-state index is 0.0225. The summed E-state index contributed by atoms with van der Waals surface area (Å²) in [6.45, 7) is 0.364. The maximum absolute atomic E-state index is 13.3. The first-order chi connectivity index (χ1) is 17.2. The van der Waals surface area contributed by atoms with E-state index in [0.29, 0.717) is 17.7 Å². The van der Waals surface area contributed by atoms with Gasteiger partial charge in [-0.05, 0) is 42.7 Å². The number of aromatic amines is 1. The number of ether oxygens (including phenoxy) is 1. The number of nitrogens with zero attached hydrogens (tertiary/aromatic N) is 2. The number of H-pyrrole nitrogens is 1. The maximum atomic E-state index is 13.3. The summed E-state index contributed by atoms with van der Waals surface area (Å²) in [6.07, 6.45) is -0.677. The molecule has 4 rings (SSSR count). The number of rotatable bonds is 6. The molecule has 12 heteroatoms. The molecule has 0 bridgehead atoms. The van der Waals surface area contributed by atoms with Crippen molar-refractivity contribution in [2.45, 2.75) is 37.5 Å². The molecule has 1 aliphatic carbocycles. The first-order valence-electron chi connectivity index (χ1n) is 11.3. The van der Waals surface area contributed by atoms with E-state index >= 15 is 0 Å². The Kier molecular flexibility index (Phi) is 7.34. The lowest BCUT2D eigenvalue weighted by molar-refractivity contribution is -0.156. The molecular weight excluding hydrogens is 479 g/mol. The summed E-state index contributed by atoms with van der Waals surface area (Å²) in [4.78, 5) is 40.9. The predicted octanol–water partition coefficient (Wildman–Crippen LogP) is 2.58. The third-order valence-electron chi connectivity index (χ3n) is 6.03. The van der Waals surface area contributed by atoms with Crippen molar-refractivity contribution >= 4 is 23.2 Å². The quantitative estimate of drug-likeness (QED) is 0.559. The molecule has 2 aliphatic rings. The zero-order valence-corrected chi connectivity index (χ0v) is 19.1. The van der Waals surface area contributed by atoms with Gasteiger partial charge in [-0.2, -0.15) is 18.3 Å². The summed E-state index contributed by atoms with van der Waals surface area (Å²) < 4.78 is 45.2. The van der Waals surface area contributed by atoms with Crippen LogP contribution in [0.3, 0.4) is 0 Å². The molecule has 1 fully saturated rings. The molecule has 0 spiro atoms. The predicted molar refractivity (Wildman–Crippen MR) is 124 cm³/mol. The van der Waals surface area contributed by atoms with E-state index in [2.05, 4.69) is 25.8 Å². The summed E-state index contributed by atoms with van der Waals surface area (Å²) in [5, 5.41) is 11.3. The van der Waals surface area contributed by atoms with Gasteiger partial charge >= 0.3 is 6.18 Å². The van der Waals surface area contributed by atoms with E-state index in [0.717, 1.165) is 6.07 Å². The van der Waals surface area contributed by atoms with E-state index in [4.69, 9.17) is 4.74 Å². The Morgan fingerprint density at radius 2 is 1.97 bits per heavy atom. The van der Waals surface area contributed by atoms with Crippen molar-refractivity contribution < 1.29 is 27.5 Å². The molecule has 2 atom stereocenters. The number of amides is 2. The molecule has 190 valence electrons. The number of halogens is 3. The van der Waals surface area contributed by atoms with E-state index < -0.39 is 35.0 Å². The number of carbonyl (C=O) groups is 2. The SMILES string of the molecule is O=C(NC1(C(=O)NCc2ccc(N=C3C=CCCC3C(F)(F)F)cc2)CCOC1)c1ccc(=O)[nH]n1. The van der Waals surface area contributed by atoms with Crippen LogP contribution in [0.4, 0.5) is 18.9 Å². The number of carbonyl (C=O) groups excluding carboxylic acids is 2.